The van der Waals surface area contributed by atoms with E-state index in [4.69, 9.17) is 16.7 Å². The Hall–Kier alpha value is -0.620. The molecule has 1 rings (SSSR count). The van der Waals surface area contributed by atoms with Crippen LogP contribution >= 0.6 is 11.6 Å². The maximum atomic E-state index is 11.6. The molecule has 0 aliphatic carbocycles. The maximum absolute atomic E-state index is 11.6. The van der Waals surface area contributed by atoms with Gasteiger partial charge in [-0.15, -0.1) is 0 Å². The third-order valence-electron chi connectivity index (χ3n) is 1.68. The summed E-state index contributed by atoms with van der Waals surface area (Å²) in [4.78, 5) is 0.0932. The van der Waals surface area contributed by atoms with Crippen LogP contribution in [-0.2, 0) is 10.0 Å². The third-order valence-corrected chi connectivity index (χ3v) is 3.33. The molecule has 0 bridgehead atoms. The Bertz CT molecular complexity index is 431. The number of aliphatic hydroxyl groups is 1. The van der Waals surface area contributed by atoms with Crippen LogP contribution in [0.2, 0.25) is 5.02 Å². The van der Waals surface area contributed by atoms with Crippen LogP contribution in [0.1, 0.15) is 6.92 Å². The fourth-order valence-corrected chi connectivity index (χ4v) is 2.37. The molecule has 0 saturated carbocycles. The predicted molar refractivity (Wildman–Crippen MR) is 58.3 cm³/mol. The molecule has 6 heteroatoms. The molecule has 0 fully saturated rings. The van der Waals surface area contributed by atoms with E-state index in [0.717, 1.165) is 0 Å². The highest BCUT2D eigenvalue weighted by molar-refractivity contribution is 7.89. The van der Waals surface area contributed by atoms with E-state index in [2.05, 4.69) is 4.72 Å². The summed E-state index contributed by atoms with van der Waals surface area (Å²) in [6.07, 6.45) is -0.723. The molecule has 2 N–H and O–H groups in total. The van der Waals surface area contributed by atoms with Crippen LogP contribution in [0.15, 0.2) is 29.2 Å². The van der Waals surface area contributed by atoms with Crippen LogP contribution in [0.25, 0.3) is 0 Å². The van der Waals surface area contributed by atoms with Gasteiger partial charge in [-0.2, -0.15) is 0 Å². The number of hydrogen-bond acceptors (Lipinski definition) is 3. The van der Waals surface area contributed by atoms with E-state index in [0.29, 0.717) is 5.02 Å². The Morgan fingerprint density at radius 1 is 1.53 bits per heavy atom. The molecular weight excluding hydrogens is 238 g/mol. The topological polar surface area (TPSA) is 66.4 Å². The van der Waals surface area contributed by atoms with Gasteiger partial charge in [0, 0.05) is 11.6 Å². The third kappa shape index (κ3) is 3.79. The first-order valence-corrected chi connectivity index (χ1v) is 6.21. The van der Waals surface area contributed by atoms with Crippen LogP contribution in [0, 0.1) is 0 Å². The number of benzene rings is 1. The molecule has 4 nitrogen and oxygen atoms in total. The minimum Gasteiger partial charge on any atom is -0.392 e. The normalized spacial score (nSPS) is 13.8. The van der Waals surface area contributed by atoms with Crippen molar-refractivity contribution >= 4 is 21.6 Å². The number of sulfonamides is 1. The second-order valence-electron chi connectivity index (χ2n) is 3.16. The van der Waals surface area contributed by atoms with Gasteiger partial charge in [0.05, 0.1) is 11.0 Å². The molecule has 0 saturated heterocycles. The minimum absolute atomic E-state index is 0.0190. The highest BCUT2D eigenvalue weighted by Gasteiger charge is 2.14. The molecule has 84 valence electrons. The van der Waals surface area contributed by atoms with E-state index >= 15 is 0 Å². The van der Waals surface area contributed by atoms with Crippen molar-refractivity contribution in [2.24, 2.45) is 0 Å². The SMILES string of the molecule is C[C@H](O)CNS(=O)(=O)c1cccc(Cl)c1. The average Bonchev–Trinajstić information content (AvgIpc) is 2.15. The van der Waals surface area contributed by atoms with E-state index < -0.39 is 16.1 Å². The van der Waals surface area contributed by atoms with Crippen LogP contribution in [0.4, 0.5) is 0 Å². The zero-order valence-corrected chi connectivity index (χ0v) is 9.72. The lowest BCUT2D eigenvalue weighted by Gasteiger charge is -2.08. The molecule has 0 aromatic heterocycles. The van der Waals surface area contributed by atoms with Gasteiger partial charge in [-0.05, 0) is 25.1 Å². The van der Waals surface area contributed by atoms with Crippen molar-refractivity contribution < 1.29 is 13.5 Å². The molecule has 15 heavy (non-hydrogen) atoms. The van der Waals surface area contributed by atoms with Gasteiger partial charge in [0.15, 0.2) is 0 Å². The van der Waals surface area contributed by atoms with Crippen molar-refractivity contribution in [1.82, 2.24) is 4.72 Å². The Morgan fingerprint density at radius 3 is 2.73 bits per heavy atom. The molecule has 1 aromatic carbocycles. The van der Waals surface area contributed by atoms with E-state index in [1.54, 1.807) is 12.1 Å². The molecule has 1 aromatic rings. The lowest BCUT2D eigenvalue weighted by atomic mass is 10.4. The highest BCUT2D eigenvalue weighted by atomic mass is 35.5. The zero-order valence-electron chi connectivity index (χ0n) is 8.14. The fourth-order valence-electron chi connectivity index (χ4n) is 0.948. The molecule has 0 aliphatic rings. The van der Waals surface area contributed by atoms with Crippen molar-refractivity contribution in [3.8, 4) is 0 Å². The van der Waals surface area contributed by atoms with E-state index in [1.807, 2.05) is 0 Å². The van der Waals surface area contributed by atoms with E-state index in [-0.39, 0.29) is 11.4 Å². The minimum atomic E-state index is -3.57. The van der Waals surface area contributed by atoms with E-state index in [9.17, 15) is 8.42 Å². The first-order chi connectivity index (χ1) is 6.92. The standard InChI is InChI=1S/C9H12ClNO3S/c1-7(12)6-11-15(13,14)9-4-2-3-8(10)5-9/h2-5,7,11-12H,6H2,1H3/t7-/m0/s1. The Labute approximate surface area is 93.9 Å². The highest BCUT2D eigenvalue weighted by Crippen LogP contribution is 2.14. The van der Waals surface area contributed by atoms with E-state index in [1.165, 1.54) is 19.1 Å². The van der Waals surface area contributed by atoms with Gasteiger partial charge in [0.2, 0.25) is 10.0 Å². The molecule has 0 amide bonds. The van der Waals surface area contributed by atoms with Gasteiger partial charge < -0.3 is 5.11 Å². The van der Waals surface area contributed by atoms with Gasteiger partial charge in [-0.25, -0.2) is 13.1 Å². The Balaban J connectivity index is 2.87. The van der Waals surface area contributed by atoms with Gasteiger partial charge in [0.25, 0.3) is 0 Å². The summed E-state index contributed by atoms with van der Waals surface area (Å²) in [5.41, 5.74) is 0. The summed E-state index contributed by atoms with van der Waals surface area (Å²) in [6, 6.07) is 5.94. The van der Waals surface area contributed by atoms with Crippen molar-refractivity contribution in [3.05, 3.63) is 29.3 Å². The fraction of sp³-hybridized carbons (Fsp3) is 0.333. The number of rotatable bonds is 4. The number of halogens is 1. The summed E-state index contributed by atoms with van der Waals surface area (Å²) in [7, 11) is -3.57. The summed E-state index contributed by atoms with van der Waals surface area (Å²) >= 11 is 5.67. The average molecular weight is 250 g/mol. The van der Waals surface area contributed by atoms with Crippen LogP contribution in [-0.4, -0.2) is 26.2 Å². The largest absolute Gasteiger partial charge is 0.392 e. The molecule has 0 radical (unpaired) electrons. The van der Waals surface area contributed by atoms with Crippen molar-refractivity contribution in [3.63, 3.8) is 0 Å². The van der Waals surface area contributed by atoms with Crippen molar-refractivity contribution in [2.45, 2.75) is 17.9 Å². The maximum Gasteiger partial charge on any atom is 0.240 e. The second-order valence-corrected chi connectivity index (χ2v) is 5.36. The molecule has 0 heterocycles. The van der Waals surface area contributed by atoms with Gasteiger partial charge >= 0.3 is 0 Å². The molecule has 0 spiro atoms. The number of nitrogens with one attached hydrogen (secondary N) is 1. The molecule has 0 aliphatic heterocycles. The quantitative estimate of drug-likeness (QED) is 0.837. The van der Waals surface area contributed by atoms with Crippen LogP contribution in [0.3, 0.4) is 0 Å². The van der Waals surface area contributed by atoms with Crippen LogP contribution < -0.4 is 4.72 Å². The van der Waals surface area contributed by atoms with Crippen molar-refractivity contribution in [1.29, 1.82) is 0 Å². The Kier molecular flexibility index (Phi) is 4.10. The predicted octanol–water partition coefficient (Wildman–Crippen LogP) is 0.999. The first kappa shape index (κ1) is 12.4. The van der Waals surface area contributed by atoms with Gasteiger partial charge in [-0.1, -0.05) is 17.7 Å². The summed E-state index contributed by atoms with van der Waals surface area (Å²) < 4.78 is 25.5. The summed E-state index contributed by atoms with van der Waals surface area (Å²) in [6.45, 7) is 1.48. The monoisotopic (exact) mass is 249 g/mol. The second kappa shape index (κ2) is 4.94. The van der Waals surface area contributed by atoms with Crippen LogP contribution in [0.5, 0.6) is 0 Å². The molecular formula is C9H12ClNO3S. The molecule has 0 unspecified atom stereocenters. The lowest BCUT2D eigenvalue weighted by molar-refractivity contribution is 0.198. The lowest BCUT2D eigenvalue weighted by Crippen LogP contribution is -2.30. The first-order valence-electron chi connectivity index (χ1n) is 4.35. The molecule has 1 atom stereocenters. The summed E-state index contributed by atoms with van der Waals surface area (Å²) in [5.74, 6) is 0. The van der Waals surface area contributed by atoms with Crippen molar-refractivity contribution in [2.75, 3.05) is 6.54 Å². The zero-order chi connectivity index (χ0) is 11.5. The number of aliphatic hydroxyl groups excluding tert-OH is 1. The van der Waals surface area contributed by atoms with Gasteiger partial charge in [0.1, 0.15) is 0 Å². The van der Waals surface area contributed by atoms with Gasteiger partial charge in [-0.3, -0.25) is 0 Å². The smallest absolute Gasteiger partial charge is 0.240 e. The summed E-state index contributed by atoms with van der Waals surface area (Å²) in [5, 5.41) is 9.32. The Morgan fingerprint density at radius 2 is 2.20 bits per heavy atom. The number of hydrogen-bond donors (Lipinski definition) is 2.